The summed E-state index contributed by atoms with van der Waals surface area (Å²) in [7, 11) is 2.03. The fraction of sp³-hybridized carbons (Fsp3) is 0.643. The van der Waals surface area contributed by atoms with Gasteiger partial charge in [-0.05, 0) is 54.1 Å². The van der Waals surface area contributed by atoms with Crippen LogP contribution >= 0.6 is 15.9 Å². The Hall–Kier alpha value is -0.610. The second-order valence-electron chi connectivity index (χ2n) is 5.47. The normalized spacial score (nSPS) is 26.7. The van der Waals surface area contributed by atoms with E-state index in [4.69, 9.17) is 0 Å². The number of nitrogens with zero attached hydrogens (tertiary/aromatic N) is 2. The van der Waals surface area contributed by atoms with E-state index in [9.17, 15) is 0 Å². The zero-order valence-electron chi connectivity index (χ0n) is 11.0. The van der Waals surface area contributed by atoms with E-state index in [1.165, 1.54) is 35.8 Å². The largest absolute Gasteiger partial charge is 0.311 e. The van der Waals surface area contributed by atoms with Gasteiger partial charge in [-0.25, -0.2) is 0 Å². The Morgan fingerprint density at radius 2 is 2.06 bits per heavy atom. The molecule has 3 rings (SSSR count). The van der Waals surface area contributed by atoms with E-state index < -0.39 is 0 Å². The lowest BCUT2D eigenvalue weighted by molar-refractivity contribution is 0.476. The van der Waals surface area contributed by atoms with Crippen molar-refractivity contribution in [2.75, 3.05) is 0 Å². The van der Waals surface area contributed by atoms with Crippen molar-refractivity contribution in [2.45, 2.75) is 51.1 Å². The van der Waals surface area contributed by atoms with Crippen LogP contribution < -0.4 is 5.32 Å². The number of rotatable bonds is 2. The Labute approximate surface area is 117 Å². The van der Waals surface area contributed by atoms with Crippen LogP contribution in [0.1, 0.15) is 44.0 Å². The van der Waals surface area contributed by atoms with Crippen LogP contribution in [-0.2, 0) is 13.5 Å². The van der Waals surface area contributed by atoms with Crippen LogP contribution in [0.3, 0.4) is 0 Å². The summed E-state index contributed by atoms with van der Waals surface area (Å²) < 4.78 is 3.17. The van der Waals surface area contributed by atoms with Crippen molar-refractivity contribution < 1.29 is 0 Å². The van der Waals surface area contributed by atoms with Crippen molar-refractivity contribution >= 4 is 22.0 Å². The van der Waals surface area contributed by atoms with Crippen molar-refractivity contribution in [2.24, 2.45) is 7.05 Å². The van der Waals surface area contributed by atoms with Gasteiger partial charge in [0.05, 0.1) is 15.9 Å². The van der Waals surface area contributed by atoms with E-state index in [0.29, 0.717) is 12.1 Å². The molecule has 98 valence electrons. The molecule has 0 aromatic carbocycles. The van der Waals surface area contributed by atoms with Crippen LogP contribution in [0.5, 0.6) is 0 Å². The first-order valence-corrected chi connectivity index (χ1v) is 7.63. The molecule has 18 heavy (non-hydrogen) atoms. The molecule has 2 atom stereocenters. The second kappa shape index (κ2) is 4.82. The smallest absolute Gasteiger partial charge is 0.0770 e. The molecular formula is C14H20BrN3. The Kier molecular flexibility index (Phi) is 3.32. The molecule has 3 nitrogen and oxygen atoms in total. The zero-order valence-corrected chi connectivity index (χ0v) is 12.6. The standard InChI is InChI=1S/C14H20BrN3/c1-3-12-14(15)13(18(2)17-12)8-9-6-10-4-5-11(7-9)16-10/h8,10-11,16H,3-7H2,1-2H3. The minimum absolute atomic E-state index is 0.715. The zero-order chi connectivity index (χ0) is 12.7. The summed E-state index contributed by atoms with van der Waals surface area (Å²) >= 11 is 3.69. The van der Waals surface area contributed by atoms with Gasteiger partial charge in [-0.3, -0.25) is 4.68 Å². The third-order valence-corrected chi connectivity index (χ3v) is 4.99. The van der Waals surface area contributed by atoms with E-state index in [2.05, 4.69) is 39.3 Å². The number of halogens is 1. The van der Waals surface area contributed by atoms with Crippen LogP contribution in [0.15, 0.2) is 10.0 Å². The first-order chi connectivity index (χ1) is 8.67. The number of piperidine rings is 1. The molecule has 1 aromatic heterocycles. The lowest BCUT2D eigenvalue weighted by atomic mass is 9.98. The maximum Gasteiger partial charge on any atom is 0.0770 e. The molecule has 0 radical (unpaired) electrons. The van der Waals surface area contributed by atoms with Crippen molar-refractivity contribution in [3.63, 3.8) is 0 Å². The van der Waals surface area contributed by atoms with Gasteiger partial charge in [0.1, 0.15) is 0 Å². The third-order valence-electron chi connectivity index (χ3n) is 4.13. The highest BCUT2D eigenvalue weighted by Crippen LogP contribution is 2.33. The van der Waals surface area contributed by atoms with Gasteiger partial charge >= 0.3 is 0 Å². The highest BCUT2D eigenvalue weighted by atomic mass is 79.9. The van der Waals surface area contributed by atoms with E-state index in [1.807, 2.05) is 11.7 Å². The SMILES string of the molecule is CCc1nn(C)c(C=C2CC3CCC(C2)N3)c1Br. The molecule has 0 aliphatic carbocycles. The Balaban J connectivity index is 1.89. The minimum atomic E-state index is 0.715. The molecule has 2 saturated heterocycles. The summed E-state index contributed by atoms with van der Waals surface area (Å²) in [4.78, 5) is 0. The van der Waals surface area contributed by atoms with Crippen LogP contribution in [0.2, 0.25) is 0 Å². The maximum absolute atomic E-state index is 4.56. The van der Waals surface area contributed by atoms with Crippen LogP contribution in [0.4, 0.5) is 0 Å². The third kappa shape index (κ3) is 2.16. The van der Waals surface area contributed by atoms with E-state index in [1.54, 1.807) is 5.57 Å². The van der Waals surface area contributed by atoms with E-state index in [-0.39, 0.29) is 0 Å². The summed E-state index contributed by atoms with van der Waals surface area (Å²) in [6.07, 6.45) is 8.42. The Bertz CT molecular complexity index is 475. The van der Waals surface area contributed by atoms with Gasteiger partial charge in [0.2, 0.25) is 0 Å². The Morgan fingerprint density at radius 1 is 1.39 bits per heavy atom. The molecule has 0 amide bonds. The Morgan fingerprint density at radius 3 is 2.61 bits per heavy atom. The van der Waals surface area contributed by atoms with Crippen molar-refractivity contribution in [3.05, 3.63) is 21.4 Å². The molecule has 2 bridgehead atoms. The average molecular weight is 310 g/mol. The lowest BCUT2D eigenvalue weighted by Crippen LogP contribution is -2.34. The van der Waals surface area contributed by atoms with Crippen molar-refractivity contribution in [1.82, 2.24) is 15.1 Å². The maximum atomic E-state index is 4.56. The molecule has 2 unspecified atom stereocenters. The molecule has 2 aliphatic rings. The summed E-state index contributed by atoms with van der Waals surface area (Å²) in [5.74, 6) is 0. The topological polar surface area (TPSA) is 29.9 Å². The molecule has 3 heterocycles. The molecule has 1 N–H and O–H groups in total. The summed E-state index contributed by atoms with van der Waals surface area (Å²) in [5, 5.41) is 8.23. The van der Waals surface area contributed by atoms with Crippen LogP contribution in [-0.4, -0.2) is 21.9 Å². The number of aromatic nitrogens is 2. The molecular weight excluding hydrogens is 290 g/mol. The number of nitrogens with one attached hydrogen (secondary N) is 1. The van der Waals surface area contributed by atoms with Crippen LogP contribution in [0, 0.1) is 0 Å². The van der Waals surface area contributed by atoms with Gasteiger partial charge in [-0.15, -0.1) is 0 Å². The van der Waals surface area contributed by atoms with E-state index >= 15 is 0 Å². The first-order valence-electron chi connectivity index (χ1n) is 6.84. The molecule has 0 spiro atoms. The molecule has 4 heteroatoms. The van der Waals surface area contributed by atoms with Crippen molar-refractivity contribution in [3.8, 4) is 0 Å². The van der Waals surface area contributed by atoms with Gasteiger partial charge in [-0.2, -0.15) is 5.10 Å². The predicted octanol–water partition coefficient (Wildman–Crippen LogP) is 3.04. The minimum Gasteiger partial charge on any atom is -0.311 e. The number of hydrogen-bond donors (Lipinski definition) is 1. The molecule has 2 fully saturated rings. The lowest BCUT2D eigenvalue weighted by Gasteiger charge is -2.23. The highest BCUT2D eigenvalue weighted by Gasteiger charge is 2.30. The summed E-state index contributed by atoms with van der Waals surface area (Å²) in [6, 6.07) is 1.43. The van der Waals surface area contributed by atoms with Gasteiger partial charge < -0.3 is 5.32 Å². The van der Waals surface area contributed by atoms with Crippen LogP contribution in [0.25, 0.3) is 6.08 Å². The first kappa shape index (κ1) is 12.4. The highest BCUT2D eigenvalue weighted by molar-refractivity contribution is 9.10. The molecule has 0 saturated carbocycles. The van der Waals surface area contributed by atoms with E-state index in [0.717, 1.165) is 12.1 Å². The quantitative estimate of drug-likeness (QED) is 0.910. The van der Waals surface area contributed by atoms with Gasteiger partial charge in [0, 0.05) is 19.1 Å². The summed E-state index contributed by atoms with van der Waals surface area (Å²) in [6.45, 7) is 2.15. The predicted molar refractivity (Wildman–Crippen MR) is 77.4 cm³/mol. The second-order valence-corrected chi connectivity index (χ2v) is 6.26. The number of fused-ring (bicyclic) bond motifs is 2. The van der Waals surface area contributed by atoms with Crippen molar-refractivity contribution in [1.29, 1.82) is 0 Å². The monoisotopic (exact) mass is 309 g/mol. The van der Waals surface area contributed by atoms with Gasteiger partial charge in [0.25, 0.3) is 0 Å². The fourth-order valence-corrected chi connectivity index (χ4v) is 3.93. The van der Waals surface area contributed by atoms with Gasteiger partial charge in [0.15, 0.2) is 0 Å². The summed E-state index contributed by atoms with van der Waals surface area (Å²) in [5.41, 5.74) is 3.96. The number of aryl methyl sites for hydroxylation is 2. The fourth-order valence-electron chi connectivity index (χ4n) is 3.20. The average Bonchev–Trinajstić information content (AvgIpc) is 2.83. The number of hydrogen-bond acceptors (Lipinski definition) is 2. The molecule has 2 aliphatic heterocycles. The van der Waals surface area contributed by atoms with Gasteiger partial charge in [-0.1, -0.05) is 12.5 Å². The molecule has 1 aromatic rings.